The Balaban J connectivity index is 1.64. The molecule has 35 heavy (non-hydrogen) atoms. The van der Waals surface area contributed by atoms with E-state index in [1.807, 2.05) is 66.7 Å². The summed E-state index contributed by atoms with van der Waals surface area (Å²) in [7, 11) is 3.07. The van der Waals surface area contributed by atoms with E-state index in [0.29, 0.717) is 58.0 Å². The Bertz CT molecular complexity index is 1520. The van der Waals surface area contributed by atoms with Crippen LogP contribution in [0.3, 0.4) is 0 Å². The van der Waals surface area contributed by atoms with Crippen molar-refractivity contribution in [1.29, 1.82) is 0 Å². The van der Waals surface area contributed by atoms with Crippen molar-refractivity contribution in [2.45, 2.75) is 13.2 Å². The Morgan fingerprint density at radius 3 is 1.83 bits per heavy atom. The third-order valence-corrected chi connectivity index (χ3v) is 5.75. The summed E-state index contributed by atoms with van der Waals surface area (Å²) in [4.78, 5) is 12.9. The summed E-state index contributed by atoms with van der Waals surface area (Å²) < 4.78 is 28.9. The molecule has 1 aromatic heterocycles. The molecule has 5 rings (SSSR count). The molecule has 0 saturated carbocycles. The Labute approximate surface area is 202 Å². The van der Waals surface area contributed by atoms with Gasteiger partial charge in [-0.3, -0.25) is 0 Å². The van der Waals surface area contributed by atoms with Gasteiger partial charge in [0.25, 0.3) is 0 Å². The van der Waals surface area contributed by atoms with E-state index in [9.17, 15) is 4.79 Å². The van der Waals surface area contributed by atoms with E-state index in [1.165, 1.54) is 7.11 Å². The van der Waals surface area contributed by atoms with Gasteiger partial charge < -0.3 is 23.4 Å². The molecule has 0 amide bonds. The Morgan fingerprint density at radius 1 is 0.657 bits per heavy atom. The minimum atomic E-state index is -0.501. The van der Waals surface area contributed by atoms with Gasteiger partial charge in [0.15, 0.2) is 11.5 Å². The average molecular weight is 469 g/mol. The van der Waals surface area contributed by atoms with E-state index < -0.39 is 5.63 Å². The Kier molecular flexibility index (Phi) is 6.26. The second-order valence-electron chi connectivity index (χ2n) is 7.99. The van der Waals surface area contributed by atoms with Crippen LogP contribution in [0.2, 0.25) is 0 Å². The van der Waals surface area contributed by atoms with Crippen LogP contribution in [0.5, 0.6) is 23.0 Å². The maximum absolute atomic E-state index is 12.9. The van der Waals surface area contributed by atoms with Crippen molar-refractivity contribution in [3.8, 4) is 23.0 Å². The van der Waals surface area contributed by atoms with Gasteiger partial charge in [-0.15, -0.1) is 0 Å². The predicted octanol–water partition coefficient (Wildman–Crippen LogP) is 6.12. The third-order valence-electron chi connectivity index (χ3n) is 5.75. The van der Waals surface area contributed by atoms with Crippen molar-refractivity contribution in [3.05, 3.63) is 106 Å². The lowest BCUT2D eigenvalue weighted by atomic mass is 10.1. The molecule has 1 heterocycles. The molecule has 4 aromatic carbocycles. The van der Waals surface area contributed by atoms with Crippen molar-refractivity contribution in [2.24, 2.45) is 0 Å². The van der Waals surface area contributed by atoms with Crippen molar-refractivity contribution in [1.82, 2.24) is 0 Å². The summed E-state index contributed by atoms with van der Waals surface area (Å²) in [6.07, 6.45) is 0. The number of methoxy groups -OCH3 is 2. The van der Waals surface area contributed by atoms with Crippen LogP contribution in [0.25, 0.3) is 21.7 Å². The van der Waals surface area contributed by atoms with Gasteiger partial charge in [0.2, 0.25) is 0 Å². The second-order valence-corrected chi connectivity index (χ2v) is 7.99. The first kappa shape index (κ1) is 22.3. The van der Waals surface area contributed by atoms with E-state index in [2.05, 4.69) is 0 Å². The maximum atomic E-state index is 12.9. The van der Waals surface area contributed by atoms with Gasteiger partial charge in [-0.05, 0) is 23.3 Å². The van der Waals surface area contributed by atoms with Gasteiger partial charge in [-0.2, -0.15) is 0 Å². The quantitative estimate of drug-likeness (QED) is 0.202. The van der Waals surface area contributed by atoms with Crippen LogP contribution in [-0.2, 0) is 13.2 Å². The first-order valence-corrected chi connectivity index (χ1v) is 11.2. The van der Waals surface area contributed by atoms with E-state index >= 15 is 0 Å². The highest BCUT2D eigenvalue weighted by Crippen LogP contribution is 2.39. The Hall–Kier alpha value is -4.45. The van der Waals surface area contributed by atoms with Crippen LogP contribution in [0.15, 0.2) is 94.1 Å². The molecule has 0 fully saturated rings. The summed E-state index contributed by atoms with van der Waals surface area (Å²) in [6, 6.07) is 26.7. The fraction of sp³-hybridized carbons (Fsp3) is 0.138. The second kappa shape index (κ2) is 9.81. The summed E-state index contributed by atoms with van der Waals surface area (Å²) >= 11 is 0. The van der Waals surface area contributed by atoms with E-state index in [1.54, 1.807) is 25.3 Å². The number of benzene rings is 4. The molecule has 0 aliphatic rings. The number of fused-ring (bicyclic) bond motifs is 3. The van der Waals surface area contributed by atoms with Gasteiger partial charge in [-0.1, -0.05) is 60.7 Å². The topological polar surface area (TPSA) is 67.1 Å². The normalized spacial score (nSPS) is 10.9. The minimum absolute atomic E-state index is 0.341. The highest BCUT2D eigenvalue weighted by atomic mass is 16.5. The molecule has 5 aromatic rings. The monoisotopic (exact) mass is 468 g/mol. The molecular formula is C29H24O6. The molecular weight excluding hydrogens is 444 g/mol. The van der Waals surface area contributed by atoms with Crippen LogP contribution in [0, 0.1) is 0 Å². The van der Waals surface area contributed by atoms with Crippen LogP contribution >= 0.6 is 0 Å². The number of hydrogen-bond donors (Lipinski definition) is 0. The molecule has 0 unspecified atom stereocenters. The van der Waals surface area contributed by atoms with Gasteiger partial charge in [-0.25, -0.2) is 4.79 Å². The lowest BCUT2D eigenvalue weighted by Crippen LogP contribution is -2.05. The standard InChI is InChI=1S/C29H24O6/c1-31-21-13-23-22-15-25(33-17-19-9-5-3-6-10-19)26(34-18-20-11-7-4-8-12-20)16-24(22)35-29(30)28(23)27(14-21)32-2/h3-16H,17-18H2,1-2H3. The fourth-order valence-electron chi connectivity index (χ4n) is 3.98. The third kappa shape index (κ3) is 4.64. The summed E-state index contributed by atoms with van der Waals surface area (Å²) in [5.74, 6) is 1.97. The van der Waals surface area contributed by atoms with Crippen molar-refractivity contribution in [2.75, 3.05) is 14.2 Å². The van der Waals surface area contributed by atoms with Gasteiger partial charge in [0.1, 0.15) is 35.7 Å². The zero-order chi connectivity index (χ0) is 24.2. The predicted molar refractivity (Wildman–Crippen MR) is 135 cm³/mol. The largest absolute Gasteiger partial charge is 0.497 e. The number of rotatable bonds is 8. The molecule has 6 heteroatoms. The van der Waals surface area contributed by atoms with Gasteiger partial charge >= 0.3 is 5.63 Å². The summed E-state index contributed by atoms with van der Waals surface area (Å²) in [6.45, 7) is 0.697. The van der Waals surface area contributed by atoms with Crippen molar-refractivity contribution in [3.63, 3.8) is 0 Å². The summed E-state index contributed by atoms with van der Waals surface area (Å²) in [5.41, 5.74) is 1.91. The van der Waals surface area contributed by atoms with E-state index in [-0.39, 0.29) is 0 Å². The number of ether oxygens (including phenoxy) is 4. The highest BCUT2D eigenvalue weighted by molar-refractivity contribution is 6.08. The molecule has 0 aliphatic carbocycles. The Morgan fingerprint density at radius 2 is 1.26 bits per heavy atom. The van der Waals surface area contributed by atoms with E-state index in [0.717, 1.165) is 11.1 Å². The molecule has 0 atom stereocenters. The highest BCUT2D eigenvalue weighted by Gasteiger charge is 2.18. The van der Waals surface area contributed by atoms with Crippen molar-refractivity contribution >= 4 is 21.7 Å². The lowest BCUT2D eigenvalue weighted by molar-refractivity contribution is 0.256. The molecule has 0 aliphatic heterocycles. The van der Waals surface area contributed by atoms with E-state index in [4.69, 9.17) is 23.4 Å². The summed E-state index contributed by atoms with van der Waals surface area (Å²) in [5, 5.41) is 1.67. The molecule has 0 radical (unpaired) electrons. The first-order chi connectivity index (χ1) is 17.2. The first-order valence-electron chi connectivity index (χ1n) is 11.2. The minimum Gasteiger partial charge on any atom is -0.497 e. The average Bonchev–Trinajstić information content (AvgIpc) is 2.91. The molecule has 6 nitrogen and oxygen atoms in total. The molecule has 0 bridgehead atoms. The smallest absolute Gasteiger partial charge is 0.347 e. The van der Waals surface area contributed by atoms with Crippen LogP contribution in [0.4, 0.5) is 0 Å². The van der Waals surface area contributed by atoms with Gasteiger partial charge in [0.05, 0.1) is 14.2 Å². The number of hydrogen-bond acceptors (Lipinski definition) is 6. The molecule has 0 saturated heterocycles. The SMILES string of the molecule is COc1cc(OC)c2c(=O)oc3cc(OCc4ccccc4)c(OCc4ccccc4)cc3c2c1. The van der Waals surface area contributed by atoms with Crippen LogP contribution in [-0.4, -0.2) is 14.2 Å². The fourth-order valence-corrected chi connectivity index (χ4v) is 3.98. The van der Waals surface area contributed by atoms with Crippen molar-refractivity contribution < 1.29 is 23.4 Å². The lowest BCUT2D eigenvalue weighted by Gasteiger charge is -2.15. The zero-order valence-electron chi connectivity index (χ0n) is 19.4. The van der Waals surface area contributed by atoms with Crippen LogP contribution in [0.1, 0.15) is 11.1 Å². The molecule has 0 N–H and O–H groups in total. The maximum Gasteiger partial charge on any atom is 0.347 e. The molecule has 0 spiro atoms. The van der Waals surface area contributed by atoms with Crippen LogP contribution < -0.4 is 24.6 Å². The molecule has 176 valence electrons. The zero-order valence-corrected chi connectivity index (χ0v) is 19.4. The van der Waals surface area contributed by atoms with Gasteiger partial charge in [0, 0.05) is 22.9 Å².